The molecule has 0 spiro atoms. The molecule has 0 bridgehead atoms. The van der Waals surface area contributed by atoms with E-state index in [9.17, 15) is 13.2 Å². The Bertz CT molecular complexity index is 900. The first-order valence-corrected chi connectivity index (χ1v) is 8.08. The minimum Gasteiger partial charge on any atom is -0.440 e. The second kappa shape index (κ2) is 6.49. The van der Waals surface area contributed by atoms with E-state index in [-0.39, 0.29) is 0 Å². The molecule has 1 saturated heterocycles. The number of rotatable bonds is 4. The number of aromatic nitrogens is 2. The molecule has 0 atom stereocenters. The summed E-state index contributed by atoms with van der Waals surface area (Å²) in [6.45, 7) is 1.46. The predicted octanol–water partition coefficient (Wildman–Crippen LogP) is 5.00. The normalized spacial score (nSPS) is 14.9. The van der Waals surface area contributed by atoms with Crippen LogP contribution in [0.1, 0.15) is 17.0 Å². The largest absolute Gasteiger partial charge is 0.440 e. The SMILES string of the molecule is FC(F)(F)c1ccc(Oc2cc(-c3cccc(C4COC4)c3)n[nH]2)cc1. The maximum Gasteiger partial charge on any atom is 0.416 e. The Morgan fingerprint density at radius 1 is 1.04 bits per heavy atom. The molecular weight excluding hydrogens is 345 g/mol. The summed E-state index contributed by atoms with van der Waals surface area (Å²) in [5, 5.41) is 6.98. The monoisotopic (exact) mass is 360 g/mol. The number of hydrogen-bond donors (Lipinski definition) is 1. The lowest BCUT2D eigenvalue weighted by Gasteiger charge is -2.26. The van der Waals surface area contributed by atoms with Gasteiger partial charge in [0, 0.05) is 17.5 Å². The Kier molecular flexibility index (Phi) is 4.16. The highest BCUT2D eigenvalue weighted by molar-refractivity contribution is 5.61. The Hall–Kier alpha value is -2.80. The zero-order chi connectivity index (χ0) is 18.1. The number of ether oxygens (including phenoxy) is 2. The number of benzene rings is 2. The number of halogens is 3. The van der Waals surface area contributed by atoms with Crippen molar-refractivity contribution in [2.75, 3.05) is 13.2 Å². The van der Waals surface area contributed by atoms with E-state index in [1.165, 1.54) is 17.7 Å². The molecule has 4 rings (SSSR count). The quantitative estimate of drug-likeness (QED) is 0.712. The van der Waals surface area contributed by atoms with Crippen LogP contribution in [-0.2, 0) is 10.9 Å². The molecule has 134 valence electrons. The van der Waals surface area contributed by atoms with Gasteiger partial charge >= 0.3 is 6.18 Å². The second-order valence-electron chi connectivity index (χ2n) is 6.10. The topological polar surface area (TPSA) is 47.1 Å². The molecule has 0 radical (unpaired) electrons. The maximum atomic E-state index is 12.6. The summed E-state index contributed by atoms with van der Waals surface area (Å²) in [4.78, 5) is 0. The summed E-state index contributed by atoms with van der Waals surface area (Å²) in [6, 6.07) is 14.3. The van der Waals surface area contributed by atoms with Crippen molar-refractivity contribution < 1.29 is 22.6 Å². The van der Waals surface area contributed by atoms with Gasteiger partial charge < -0.3 is 9.47 Å². The number of H-pyrrole nitrogens is 1. The van der Waals surface area contributed by atoms with E-state index in [4.69, 9.17) is 9.47 Å². The minimum atomic E-state index is -4.36. The van der Waals surface area contributed by atoms with Crippen molar-refractivity contribution in [3.8, 4) is 22.9 Å². The van der Waals surface area contributed by atoms with Gasteiger partial charge in [-0.05, 0) is 35.9 Å². The molecule has 1 aliphatic heterocycles. The summed E-state index contributed by atoms with van der Waals surface area (Å²) in [6.07, 6.45) is -4.36. The summed E-state index contributed by atoms with van der Waals surface area (Å²) in [7, 11) is 0. The van der Waals surface area contributed by atoms with Crippen molar-refractivity contribution in [3.63, 3.8) is 0 Å². The van der Waals surface area contributed by atoms with E-state index in [1.54, 1.807) is 6.07 Å². The van der Waals surface area contributed by atoms with Crippen LogP contribution in [0.25, 0.3) is 11.3 Å². The van der Waals surface area contributed by atoms with Crippen LogP contribution in [0.2, 0.25) is 0 Å². The number of aromatic amines is 1. The van der Waals surface area contributed by atoms with Crippen LogP contribution >= 0.6 is 0 Å². The highest BCUT2D eigenvalue weighted by Crippen LogP contribution is 2.32. The molecule has 1 N–H and O–H groups in total. The summed E-state index contributed by atoms with van der Waals surface area (Å²) in [5.41, 5.74) is 2.12. The van der Waals surface area contributed by atoms with Crippen molar-refractivity contribution in [2.24, 2.45) is 0 Å². The Balaban J connectivity index is 1.49. The second-order valence-corrected chi connectivity index (χ2v) is 6.10. The standard InChI is InChI=1S/C19H15F3N2O2/c20-19(21,22)15-4-6-16(7-5-15)26-18-9-17(23-24-18)13-3-1-2-12(8-13)14-10-25-11-14/h1-9,14H,10-11H2,(H,23,24). The maximum absolute atomic E-state index is 12.6. The first-order valence-electron chi connectivity index (χ1n) is 8.08. The van der Waals surface area contributed by atoms with Crippen LogP contribution in [0.3, 0.4) is 0 Å². The van der Waals surface area contributed by atoms with Crippen molar-refractivity contribution in [1.29, 1.82) is 0 Å². The van der Waals surface area contributed by atoms with Crippen molar-refractivity contribution >= 4 is 0 Å². The van der Waals surface area contributed by atoms with E-state index >= 15 is 0 Å². The van der Waals surface area contributed by atoms with E-state index in [2.05, 4.69) is 22.3 Å². The number of nitrogens with zero attached hydrogens (tertiary/aromatic N) is 1. The number of hydrogen-bond acceptors (Lipinski definition) is 3. The Morgan fingerprint density at radius 2 is 1.81 bits per heavy atom. The molecule has 1 aromatic heterocycles. The fourth-order valence-electron chi connectivity index (χ4n) is 2.72. The van der Waals surface area contributed by atoms with Crippen LogP contribution < -0.4 is 4.74 Å². The third-order valence-corrected chi connectivity index (χ3v) is 4.26. The molecule has 3 aromatic rings. The fraction of sp³-hybridized carbons (Fsp3) is 0.211. The Labute approximate surface area is 147 Å². The number of alkyl halides is 3. The van der Waals surface area contributed by atoms with E-state index in [0.29, 0.717) is 23.2 Å². The van der Waals surface area contributed by atoms with Crippen LogP contribution in [0.5, 0.6) is 11.6 Å². The van der Waals surface area contributed by atoms with Crippen LogP contribution in [0.15, 0.2) is 54.6 Å². The van der Waals surface area contributed by atoms with E-state index in [0.717, 1.165) is 30.9 Å². The average Bonchev–Trinajstić information content (AvgIpc) is 3.02. The lowest BCUT2D eigenvalue weighted by atomic mass is 9.95. The lowest BCUT2D eigenvalue weighted by Crippen LogP contribution is -2.24. The minimum absolute atomic E-state index is 0.300. The zero-order valence-corrected chi connectivity index (χ0v) is 13.6. The van der Waals surface area contributed by atoms with Gasteiger partial charge in [0.15, 0.2) is 0 Å². The van der Waals surface area contributed by atoms with Crippen LogP contribution in [-0.4, -0.2) is 23.4 Å². The predicted molar refractivity (Wildman–Crippen MR) is 89.1 cm³/mol. The Morgan fingerprint density at radius 3 is 2.46 bits per heavy atom. The van der Waals surface area contributed by atoms with Crippen molar-refractivity contribution in [2.45, 2.75) is 12.1 Å². The van der Waals surface area contributed by atoms with Crippen molar-refractivity contribution in [3.05, 3.63) is 65.7 Å². The average molecular weight is 360 g/mol. The molecular formula is C19H15F3N2O2. The van der Waals surface area contributed by atoms with Crippen molar-refractivity contribution in [1.82, 2.24) is 10.2 Å². The third kappa shape index (κ3) is 3.43. The van der Waals surface area contributed by atoms with Gasteiger partial charge in [0.2, 0.25) is 5.88 Å². The van der Waals surface area contributed by atoms with Gasteiger partial charge in [0.05, 0.1) is 24.5 Å². The van der Waals surface area contributed by atoms with Gasteiger partial charge in [0.1, 0.15) is 5.75 Å². The smallest absolute Gasteiger partial charge is 0.416 e. The molecule has 1 fully saturated rings. The lowest BCUT2D eigenvalue weighted by molar-refractivity contribution is -0.137. The molecule has 0 unspecified atom stereocenters. The van der Waals surface area contributed by atoms with Gasteiger partial charge in [-0.1, -0.05) is 18.2 Å². The van der Waals surface area contributed by atoms with Crippen LogP contribution in [0.4, 0.5) is 13.2 Å². The highest BCUT2D eigenvalue weighted by Gasteiger charge is 2.30. The first kappa shape index (κ1) is 16.7. The first-order chi connectivity index (χ1) is 12.5. The summed E-state index contributed by atoms with van der Waals surface area (Å²) >= 11 is 0. The highest BCUT2D eigenvalue weighted by atomic mass is 19.4. The third-order valence-electron chi connectivity index (χ3n) is 4.26. The van der Waals surface area contributed by atoms with Gasteiger partial charge in [0.25, 0.3) is 0 Å². The molecule has 4 nitrogen and oxygen atoms in total. The van der Waals surface area contributed by atoms with Gasteiger partial charge in [-0.3, -0.25) is 0 Å². The fourth-order valence-corrected chi connectivity index (χ4v) is 2.72. The van der Waals surface area contributed by atoms with E-state index in [1.807, 2.05) is 12.1 Å². The molecule has 26 heavy (non-hydrogen) atoms. The molecule has 0 aliphatic carbocycles. The molecule has 0 amide bonds. The summed E-state index contributed by atoms with van der Waals surface area (Å²) in [5.74, 6) is 1.07. The van der Waals surface area contributed by atoms with Crippen LogP contribution in [0, 0.1) is 0 Å². The van der Waals surface area contributed by atoms with Gasteiger partial charge in [-0.15, -0.1) is 0 Å². The summed E-state index contributed by atoms with van der Waals surface area (Å²) < 4.78 is 48.6. The van der Waals surface area contributed by atoms with Gasteiger partial charge in [-0.2, -0.15) is 18.3 Å². The van der Waals surface area contributed by atoms with E-state index < -0.39 is 11.7 Å². The van der Waals surface area contributed by atoms with Gasteiger partial charge in [-0.25, -0.2) is 5.10 Å². The zero-order valence-electron chi connectivity index (χ0n) is 13.6. The molecule has 0 saturated carbocycles. The molecule has 1 aliphatic rings. The number of nitrogens with one attached hydrogen (secondary N) is 1. The molecule has 2 heterocycles. The molecule has 7 heteroatoms. The molecule has 2 aromatic carbocycles.